The van der Waals surface area contributed by atoms with E-state index < -0.39 is 0 Å². The van der Waals surface area contributed by atoms with Crippen molar-refractivity contribution in [2.24, 2.45) is 0 Å². The molecule has 0 aliphatic heterocycles. The van der Waals surface area contributed by atoms with Gasteiger partial charge in [0.15, 0.2) is 0 Å². The highest BCUT2D eigenvalue weighted by Crippen LogP contribution is 2.09. The highest BCUT2D eigenvalue weighted by Gasteiger charge is 2.22. The van der Waals surface area contributed by atoms with Gasteiger partial charge in [0.2, 0.25) is 0 Å². The van der Waals surface area contributed by atoms with Gasteiger partial charge in [-0.3, -0.25) is 9.69 Å². The Morgan fingerprint density at radius 1 is 1.36 bits per heavy atom. The lowest BCUT2D eigenvalue weighted by atomic mass is 10.1. The lowest BCUT2D eigenvalue weighted by Crippen LogP contribution is -2.42. The minimum atomic E-state index is -0.142. The first-order valence-electron chi connectivity index (χ1n) is 5.43. The Balaban J connectivity index is 4.08. The van der Waals surface area contributed by atoms with Gasteiger partial charge in [-0.05, 0) is 34.2 Å². The third kappa shape index (κ3) is 4.09. The minimum Gasteiger partial charge on any atom is -0.465 e. The van der Waals surface area contributed by atoms with Crippen LogP contribution in [-0.2, 0) is 9.53 Å². The zero-order valence-corrected chi connectivity index (χ0v) is 10.0. The summed E-state index contributed by atoms with van der Waals surface area (Å²) in [5.74, 6) is -0.127. The maximum absolute atomic E-state index is 11.4. The molecule has 0 aromatic carbocycles. The van der Waals surface area contributed by atoms with Gasteiger partial charge >= 0.3 is 5.97 Å². The van der Waals surface area contributed by atoms with E-state index >= 15 is 0 Å². The summed E-state index contributed by atoms with van der Waals surface area (Å²) in [4.78, 5) is 13.5. The highest BCUT2D eigenvalue weighted by atomic mass is 16.5. The normalized spacial score (nSPS) is 15.3. The quantitative estimate of drug-likeness (QED) is 0.616. The second-order valence-electron chi connectivity index (χ2n) is 3.73. The predicted molar refractivity (Wildman–Crippen MR) is 58.2 cm³/mol. The van der Waals surface area contributed by atoms with Gasteiger partial charge < -0.3 is 4.74 Å². The molecule has 0 saturated heterocycles. The first kappa shape index (κ1) is 13.4. The molecule has 0 radical (unpaired) electrons. The standard InChI is InChI=1S/C11H23NO2/c1-6-8-9(3)12(5)10(4)11(13)14-7-2/h9-10H,6-8H2,1-5H3. The summed E-state index contributed by atoms with van der Waals surface area (Å²) < 4.78 is 4.97. The van der Waals surface area contributed by atoms with Crippen LogP contribution in [0.25, 0.3) is 0 Å². The summed E-state index contributed by atoms with van der Waals surface area (Å²) in [5.41, 5.74) is 0. The maximum atomic E-state index is 11.4. The molecule has 0 spiro atoms. The van der Waals surface area contributed by atoms with Crippen molar-refractivity contribution in [2.45, 2.75) is 52.6 Å². The Morgan fingerprint density at radius 3 is 2.36 bits per heavy atom. The fourth-order valence-electron chi connectivity index (χ4n) is 1.43. The van der Waals surface area contributed by atoms with Gasteiger partial charge in [-0.15, -0.1) is 0 Å². The number of carbonyl (C=O) groups excluding carboxylic acids is 1. The maximum Gasteiger partial charge on any atom is 0.323 e. The van der Waals surface area contributed by atoms with E-state index in [-0.39, 0.29) is 12.0 Å². The molecule has 2 atom stereocenters. The molecular formula is C11H23NO2. The van der Waals surface area contributed by atoms with Crippen LogP contribution in [0.5, 0.6) is 0 Å². The number of ether oxygens (including phenoxy) is 1. The average molecular weight is 201 g/mol. The van der Waals surface area contributed by atoms with E-state index in [9.17, 15) is 4.79 Å². The topological polar surface area (TPSA) is 29.5 Å². The number of carbonyl (C=O) groups is 1. The largest absolute Gasteiger partial charge is 0.465 e. The zero-order valence-electron chi connectivity index (χ0n) is 10.0. The predicted octanol–water partition coefficient (Wildman–Crippen LogP) is 2.06. The lowest BCUT2D eigenvalue weighted by molar-refractivity contribution is -0.149. The van der Waals surface area contributed by atoms with Crippen molar-refractivity contribution in [1.29, 1.82) is 0 Å². The Bertz CT molecular complexity index is 171. The molecule has 84 valence electrons. The molecule has 0 amide bonds. The number of hydrogen-bond acceptors (Lipinski definition) is 3. The Labute approximate surface area is 87.4 Å². The van der Waals surface area contributed by atoms with Crippen LogP contribution < -0.4 is 0 Å². The molecule has 0 fully saturated rings. The van der Waals surface area contributed by atoms with Crippen LogP contribution in [0, 0.1) is 0 Å². The fraction of sp³-hybridized carbons (Fsp3) is 0.909. The molecule has 0 bridgehead atoms. The lowest BCUT2D eigenvalue weighted by Gasteiger charge is -2.28. The summed E-state index contributed by atoms with van der Waals surface area (Å²) in [5, 5.41) is 0. The van der Waals surface area contributed by atoms with Crippen LogP contribution in [0.3, 0.4) is 0 Å². The second-order valence-corrected chi connectivity index (χ2v) is 3.73. The molecule has 0 aromatic rings. The number of rotatable bonds is 6. The van der Waals surface area contributed by atoms with Gasteiger partial charge in [0.05, 0.1) is 6.61 Å². The van der Waals surface area contributed by atoms with Crippen LogP contribution in [0.15, 0.2) is 0 Å². The molecule has 0 aliphatic carbocycles. The van der Waals surface area contributed by atoms with E-state index in [1.165, 1.54) is 0 Å². The zero-order chi connectivity index (χ0) is 11.1. The van der Waals surface area contributed by atoms with Crippen molar-refractivity contribution < 1.29 is 9.53 Å². The van der Waals surface area contributed by atoms with Gasteiger partial charge in [0, 0.05) is 6.04 Å². The van der Waals surface area contributed by atoms with E-state index in [1.807, 2.05) is 20.9 Å². The summed E-state index contributed by atoms with van der Waals surface area (Å²) >= 11 is 0. The Hall–Kier alpha value is -0.570. The second kappa shape index (κ2) is 6.82. The van der Waals surface area contributed by atoms with Gasteiger partial charge in [0.25, 0.3) is 0 Å². The molecule has 0 rings (SSSR count). The smallest absolute Gasteiger partial charge is 0.323 e. The average Bonchev–Trinajstić information content (AvgIpc) is 2.16. The first-order chi connectivity index (χ1) is 6.54. The molecule has 14 heavy (non-hydrogen) atoms. The van der Waals surface area contributed by atoms with E-state index in [0.717, 1.165) is 12.8 Å². The van der Waals surface area contributed by atoms with Gasteiger partial charge in [0.1, 0.15) is 6.04 Å². The number of esters is 1. The SMILES string of the molecule is CCCC(C)N(C)C(C)C(=O)OCC. The van der Waals surface area contributed by atoms with Gasteiger partial charge in [-0.1, -0.05) is 13.3 Å². The van der Waals surface area contributed by atoms with Crippen molar-refractivity contribution in [2.75, 3.05) is 13.7 Å². The fourth-order valence-corrected chi connectivity index (χ4v) is 1.43. The van der Waals surface area contributed by atoms with Crippen molar-refractivity contribution in [3.8, 4) is 0 Å². The third-order valence-corrected chi connectivity index (χ3v) is 2.64. The molecule has 3 nitrogen and oxygen atoms in total. The molecule has 2 unspecified atom stereocenters. The molecule has 0 aliphatic rings. The van der Waals surface area contributed by atoms with Crippen molar-refractivity contribution in [3.63, 3.8) is 0 Å². The van der Waals surface area contributed by atoms with Crippen molar-refractivity contribution >= 4 is 5.97 Å². The monoisotopic (exact) mass is 201 g/mol. The van der Waals surface area contributed by atoms with Crippen molar-refractivity contribution in [3.05, 3.63) is 0 Å². The third-order valence-electron chi connectivity index (χ3n) is 2.64. The molecule has 0 saturated carbocycles. The van der Waals surface area contributed by atoms with E-state index in [1.54, 1.807) is 0 Å². The van der Waals surface area contributed by atoms with Crippen LogP contribution in [0.4, 0.5) is 0 Å². The van der Waals surface area contributed by atoms with Crippen LogP contribution in [0.2, 0.25) is 0 Å². The van der Waals surface area contributed by atoms with Gasteiger partial charge in [-0.2, -0.15) is 0 Å². The Kier molecular flexibility index (Phi) is 6.54. The molecule has 0 N–H and O–H groups in total. The van der Waals surface area contributed by atoms with E-state index in [4.69, 9.17) is 4.74 Å². The Morgan fingerprint density at radius 2 is 1.93 bits per heavy atom. The minimum absolute atomic E-state index is 0.127. The highest BCUT2D eigenvalue weighted by molar-refractivity contribution is 5.75. The van der Waals surface area contributed by atoms with Crippen LogP contribution >= 0.6 is 0 Å². The van der Waals surface area contributed by atoms with Crippen molar-refractivity contribution in [1.82, 2.24) is 4.90 Å². The molecular weight excluding hydrogens is 178 g/mol. The van der Waals surface area contributed by atoms with Crippen LogP contribution in [-0.4, -0.2) is 36.6 Å². The number of hydrogen-bond donors (Lipinski definition) is 0. The molecule has 0 aromatic heterocycles. The summed E-state index contributed by atoms with van der Waals surface area (Å²) in [6.07, 6.45) is 2.25. The summed E-state index contributed by atoms with van der Waals surface area (Å²) in [7, 11) is 1.97. The molecule has 0 heterocycles. The van der Waals surface area contributed by atoms with Crippen LogP contribution in [0.1, 0.15) is 40.5 Å². The van der Waals surface area contributed by atoms with E-state index in [2.05, 4.69) is 18.7 Å². The molecule has 3 heteroatoms. The summed E-state index contributed by atoms with van der Waals surface area (Å²) in [6.45, 7) is 8.47. The van der Waals surface area contributed by atoms with E-state index in [0.29, 0.717) is 12.6 Å². The first-order valence-corrected chi connectivity index (χ1v) is 5.43. The number of nitrogens with zero attached hydrogens (tertiary/aromatic N) is 1. The summed E-state index contributed by atoms with van der Waals surface area (Å²) in [6, 6.07) is 0.288. The number of likely N-dealkylation sites (N-methyl/N-ethyl adjacent to an activating group) is 1. The van der Waals surface area contributed by atoms with Gasteiger partial charge in [-0.25, -0.2) is 0 Å².